The van der Waals surface area contributed by atoms with E-state index >= 15 is 0 Å². The van der Waals surface area contributed by atoms with Crippen molar-refractivity contribution in [2.75, 3.05) is 5.32 Å². The van der Waals surface area contributed by atoms with Crippen molar-refractivity contribution in [3.05, 3.63) is 44.6 Å². The molecular formula is C12H13N5O3. The van der Waals surface area contributed by atoms with Crippen molar-refractivity contribution in [3.63, 3.8) is 0 Å². The summed E-state index contributed by atoms with van der Waals surface area (Å²) in [5.74, 6) is 0.971. The largest absolute Gasteiger partial charge is 0.326 e. The molecule has 1 amide bonds. The lowest BCUT2D eigenvalue weighted by Crippen LogP contribution is -2.27. The zero-order chi connectivity index (χ0) is 14.1. The second-order valence-corrected chi connectivity index (χ2v) is 4.62. The van der Waals surface area contributed by atoms with Crippen molar-refractivity contribution in [2.45, 2.75) is 25.8 Å². The van der Waals surface area contributed by atoms with E-state index in [-0.39, 0.29) is 5.69 Å². The lowest BCUT2D eigenvalue weighted by molar-refractivity contribution is 0.102. The number of H-pyrrole nitrogens is 2. The summed E-state index contributed by atoms with van der Waals surface area (Å²) in [4.78, 5) is 42.9. The minimum absolute atomic E-state index is 0.0786. The highest BCUT2D eigenvalue weighted by molar-refractivity contribution is 6.02. The van der Waals surface area contributed by atoms with E-state index in [1.807, 2.05) is 9.55 Å². The van der Waals surface area contributed by atoms with E-state index in [4.69, 9.17) is 0 Å². The standard InChI is InChI=1S/C12H13N5O3/c18-10-5-7(14-12(20)16-10)11(19)15-9-6-13-8-3-1-2-4-17(8)9/h5-6H,1-4H2,(H,15,19)(H2,14,16,18,20). The fourth-order valence-electron chi connectivity index (χ4n) is 2.29. The first-order valence-electron chi connectivity index (χ1n) is 6.33. The molecule has 0 aliphatic carbocycles. The van der Waals surface area contributed by atoms with Gasteiger partial charge in [0.2, 0.25) is 0 Å². The number of imidazole rings is 1. The number of nitrogens with one attached hydrogen (secondary N) is 3. The van der Waals surface area contributed by atoms with Crippen LogP contribution in [0.15, 0.2) is 21.9 Å². The number of hydrogen-bond donors (Lipinski definition) is 3. The third kappa shape index (κ3) is 2.27. The SMILES string of the molecule is O=C(Nc1cnc2n1CCCC2)c1cc(=O)[nH]c(=O)[nH]1. The van der Waals surface area contributed by atoms with E-state index in [9.17, 15) is 14.4 Å². The number of nitrogens with zero attached hydrogens (tertiary/aromatic N) is 2. The first-order chi connectivity index (χ1) is 9.63. The number of aryl methyl sites for hydroxylation is 1. The molecular weight excluding hydrogens is 262 g/mol. The average Bonchev–Trinajstić information content (AvgIpc) is 2.81. The minimum Gasteiger partial charge on any atom is -0.315 e. The number of carbonyl (C=O) groups is 1. The van der Waals surface area contributed by atoms with Crippen LogP contribution >= 0.6 is 0 Å². The molecule has 0 saturated carbocycles. The Morgan fingerprint density at radius 1 is 1.30 bits per heavy atom. The van der Waals surface area contributed by atoms with Gasteiger partial charge in [0.15, 0.2) is 0 Å². The van der Waals surface area contributed by atoms with Crippen LogP contribution in [0.3, 0.4) is 0 Å². The molecule has 0 fully saturated rings. The quantitative estimate of drug-likeness (QED) is 0.707. The van der Waals surface area contributed by atoms with E-state index in [1.165, 1.54) is 0 Å². The fourth-order valence-corrected chi connectivity index (χ4v) is 2.29. The van der Waals surface area contributed by atoms with E-state index in [1.54, 1.807) is 6.20 Å². The van der Waals surface area contributed by atoms with Crippen molar-refractivity contribution < 1.29 is 4.79 Å². The van der Waals surface area contributed by atoms with Crippen LogP contribution in [0, 0.1) is 0 Å². The molecule has 8 nitrogen and oxygen atoms in total. The Balaban J connectivity index is 1.87. The molecule has 0 bridgehead atoms. The van der Waals surface area contributed by atoms with E-state index in [0.29, 0.717) is 5.82 Å². The molecule has 0 radical (unpaired) electrons. The summed E-state index contributed by atoms with van der Waals surface area (Å²) in [7, 11) is 0. The second-order valence-electron chi connectivity index (χ2n) is 4.62. The van der Waals surface area contributed by atoms with Crippen molar-refractivity contribution in [2.24, 2.45) is 0 Å². The molecule has 8 heteroatoms. The summed E-state index contributed by atoms with van der Waals surface area (Å²) >= 11 is 0. The zero-order valence-electron chi connectivity index (χ0n) is 10.6. The van der Waals surface area contributed by atoms with Crippen LogP contribution in [0.4, 0.5) is 5.82 Å². The monoisotopic (exact) mass is 275 g/mol. The number of fused-ring (bicyclic) bond motifs is 1. The van der Waals surface area contributed by atoms with Crippen LogP contribution in [0.2, 0.25) is 0 Å². The van der Waals surface area contributed by atoms with Crippen LogP contribution in [-0.4, -0.2) is 25.4 Å². The van der Waals surface area contributed by atoms with E-state index < -0.39 is 17.2 Å². The molecule has 3 heterocycles. The highest BCUT2D eigenvalue weighted by Crippen LogP contribution is 2.19. The van der Waals surface area contributed by atoms with Crippen molar-refractivity contribution in [1.82, 2.24) is 19.5 Å². The smallest absolute Gasteiger partial charge is 0.315 e. The number of aromatic nitrogens is 4. The third-order valence-corrected chi connectivity index (χ3v) is 3.22. The number of rotatable bonds is 2. The van der Waals surface area contributed by atoms with Gasteiger partial charge in [-0.05, 0) is 12.8 Å². The van der Waals surface area contributed by atoms with Gasteiger partial charge in [-0.2, -0.15) is 0 Å². The van der Waals surface area contributed by atoms with Gasteiger partial charge in [0.05, 0.1) is 6.20 Å². The number of anilines is 1. The molecule has 0 spiro atoms. The molecule has 3 rings (SSSR count). The van der Waals surface area contributed by atoms with Crippen LogP contribution in [0.1, 0.15) is 29.2 Å². The molecule has 20 heavy (non-hydrogen) atoms. The molecule has 0 saturated heterocycles. The van der Waals surface area contributed by atoms with E-state index in [0.717, 1.165) is 37.7 Å². The maximum atomic E-state index is 12.0. The summed E-state index contributed by atoms with van der Waals surface area (Å²) in [5.41, 5.74) is -1.41. The third-order valence-electron chi connectivity index (χ3n) is 3.22. The number of hydrogen-bond acceptors (Lipinski definition) is 4. The van der Waals surface area contributed by atoms with Gasteiger partial charge < -0.3 is 14.9 Å². The average molecular weight is 275 g/mol. The van der Waals surface area contributed by atoms with Crippen LogP contribution < -0.4 is 16.6 Å². The maximum absolute atomic E-state index is 12.0. The summed E-state index contributed by atoms with van der Waals surface area (Å²) in [6, 6.07) is 1.05. The Morgan fingerprint density at radius 2 is 2.15 bits per heavy atom. The van der Waals surface area contributed by atoms with Gasteiger partial charge >= 0.3 is 5.69 Å². The van der Waals surface area contributed by atoms with Gasteiger partial charge in [0, 0.05) is 19.0 Å². The Labute approximate surface area is 112 Å². The molecule has 1 aliphatic heterocycles. The molecule has 3 N–H and O–H groups in total. The van der Waals surface area contributed by atoms with Gasteiger partial charge in [-0.3, -0.25) is 14.6 Å². The highest BCUT2D eigenvalue weighted by Gasteiger charge is 2.16. The predicted octanol–water partition coefficient (Wildman–Crippen LogP) is -0.152. The zero-order valence-corrected chi connectivity index (χ0v) is 10.6. The fraction of sp³-hybridized carbons (Fsp3) is 0.333. The molecule has 1 aliphatic rings. The molecule has 0 aromatic carbocycles. The second kappa shape index (κ2) is 4.80. The predicted molar refractivity (Wildman–Crippen MR) is 70.8 cm³/mol. The molecule has 2 aromatic heterocycles. The van der Waals surface area contributed by atoms with E-state index in [2.05, 4.69) is 15.3 Å². The Kier molecular flexibility index (Phi) is 2.97. The van der Waals surface area contributed by atoms with Crippen molar-refractivity contribution >= 4 is 11.7 Å². The Hall–Kier alpha value is -2.64. The number of carbonyl (C=O) groups excluding carboxylic acids is 1. The van der Waals surface area contributed by atoms with Gasteiger partial charge in [-0.25, -0.2) is 9.78 Å². The number of aromatic amines is 2. The molecule has 2 aromatic rings. The molecule has 0 unspecified atom stereocenters. The Bertz CT molecular complexity index is 742. The maximum Gasteiger partial charge on any atom is 0.326 e. The van der Waals surface area contributed by atoms with Crippen molar-refractivity contribution in [1.29, 1.82) is 0 Å². The Morgan fingerprint density at radius 3 is 2.95 bits per heavy atom. The summed E-state index contributed by atoms with van der Waals surface area (Å²) in [6.45, 7) is 0.802. The van der Waals surface area contributed by atoms with Gasteiger partial charge in [0.1, 0.15) is 17.3 Å². The summed E-state index contributed by atoms with van der Waals surface area (Å²) < 4.78 is 1.94. The minimum atomic E-state index is -0.710. The van der Waals surface area contributed by atoms with Crippen LogP contribution in [0.25, 0.3) is 0 Å². The molecule has 104 valence electrons. The lowest BCUT2D eigenvalue weighted by Gasteiger charge is -2.16. The van der Waals surface area contributed by atoms with Crippen LogP contribution in [0.5, 0.6) is 0 Å². The first kappa shape index (κ1) is 12.4. The summed E-state index contributed by atoms with van der Waals surface area (Å²) in [5, 5.41) is 2.66. The van der Waals surface area contributed by atoms with Gasteiger partial charge in [-0.1, -0.05) is 0 Å². The lowest BCUT2D eigenvalue weighted by atomic mass is 10.2. The highest BCUT2D eigenvalue weighted by atomic mass is 16.2. The van der Waals surface area contributed by atoms with Gasteiger partial charge in [-0.15, -0.1) is 0 Å². The topological polar surface area (TPSA) is 113 Å². The summed E-state index contributed by atoms with van der Waals surface area (Å²) in [6.07, 6.45) is 4.60. The van der Waals surface area contributed by atoms with Gasteiger partial charge in [0.25, 0.3) is 11.5 Å². The normalized spacial score (nSPS) is 13.8. The molecule has 0 atom stereocenters. The van der Waals surface area contributed by atoms with Crippen molar-refractivity contribution in [3.8, 4) is 0 Å². The number of amides is 1. The first-order valence-corrected chi connectivity index (χ1v) is 6.33. The van der Waals surface area contributed by atoms with Crippen LogP contribution in [-0.2, 0) is 13.0 Å².